The first-order valence-corrected chi connectivity index (χ1v) is 12.6. The summed E-state index contributed by atoms with van der Waals surface area (Å²) in [6.45, 7) is 0.320. The van der Waals surface area contributed by atoms with Crippen LogP contribution in [0.2, 0.25) is 0 Å². The van der Waals surface area contributed by atoms with E-state index in [1.54, 1.807) is 47.4 Å². The Hall–Kier alpha value is -4.08. The summed E-state index contributed by atoms with van der Waals surface area (Å²) in [5, 5.41) is 7.56. The lowest BCUT2D eigenvalue weighted by molar-refractivity contribution is -0.116. The minimum Gasteiger partial charge on any atom is -0.348 e. The molecule has 0 unspecified atom stereocenters. The number of benzene rings is 2. The standard InChI is InChI=1S/C26H25N5O3S/c1-27-35(33,34)19-21-11-9-20(10-12-21)16-29-25(32)14-13-23-18-31(24-7-3-2-4-8-24)30-26(23)22-6-5-15-28-17-22/h2-15,17-18,27H,16,19H2,1H3,(H,29,32)/b14-13+. The van der Waals surface area contributed by atoms with Gasteiger partial charge < -0.3 is 5.32 Å². The van der Waals surface area contributed by atoms with Crippen LogP contribution in [0.4, 0.5) is 0 Å². The van der Waals surface area contributed by atoms with Crippen LogP contribution in [0.15, 0.2) is 91.4 Å². The fourth-order valence-electron chi connectivity index (χ4n) is 3.41. The molecule has 2 aromatic carbocycles. The van der Waals surface area contributed by atoms with Gasteiger partial charge in [-0.15, -0.1) is 0 Å². The summed E-state index contributed by atoms with van der Waals surface area (Å²) in [5.74, 6) is -0.342. The molecule has 2 N–H and O–H groups in total. The van der Waals surface area contributed by atoms with E-state index in [4.69, 9.17) is 5.10 Å². The molecule has 0 saturated carbocycles. The van der Waals surface area contributed by atoms with E-state index in [9.17, 15) is 13.2 Å². The largest absolute Gasteiger partial charge is 0.348 e. The van der Waals surface area contributed by atoms with Crippen molar-refractivity contribution in [2.75, 3.05) is 7.05 Å². The average Bonchev–Trinajstić information content (AvgIpc) is 3.32. The van der Waals surface area contributed by atoms with Gasteiger partial charge in [-0.2, -0.15) is 5.10 Å². The molecule has 2 heterocycles. The molecule has 0 bridgehead atoms. The number of nitrogens with zero attached hydrogens (tertiary/aromatic N) is 3. The first-order valence-electron chi connectivity index (χ1n) is 10.9. The second-order valence-corrected chi connectivity index (χ2v) is 9.71. The van der Waals surface area contributed by atoms with Crippen LogP contribution in [0.5, 0.6) is 0 Å². The van der Waals surface area contributed by atoms with Crippen molar-refractivity contribution in [3.63, 3.8) is 0 Å². The molecule has 0 radical (unpaired) electrons. The highest BCUT2D eigenvalue weighted by molar-refractivity contribution is 7.88. The van der Waals surface area contributed by atoms with Gasteiger partial charge in [0.2, 0.25) is 15.9 Å². The zero-order chi connectivity index (χ0) is 24.7. The molecule has 0 atom stereocenters. The number of carbonyl (C=O) groups excluding carboxylic acids is 1. The number of aromatic nitrogens is 3. The van der Waals surface area contributed by atoms with Gasteiger partial charge in [-0.3, -0.25) is 9.78 Å². The fraction of sp³-hybridized carbons (Fsp3) is 0.115. The Bertz CT molecular complexity index is 1420. The lowest BCUT2D eigenvalue weighted by atomic mass is 10.1. The molecule has 2 aromatic heterocycles. The van der Waals surface area contributed by atoms with Crippen molar-refractivity contribution in [1.29, 1.82) is 0 Å². The van der Waals surface area contributed by atoms with Gasteiger partial charge in [0.25, 0.3) is 0 Å². The van der Waals surface area contributed by atoms with Crippen molar-refractivity contribution in [3.8, 4) is 16.9 Å². The maximum absolute atomic E-state index is 12.5. The van der Waals surface area contributed by atoms with Gasteiger partial charge in [0.05, 0.1) is 11.4 Å². The van der Waals surface area contributed by atoms with E-state index in [-0.39, 0.29) is 11.7 Å². The molecule has 1 amide bonds. The fourth-order valence-corrected chi connectivity index (χ4v) is 4.18. The van der Waals surface area contributed by atoms with Crippen molar-refractivity contribution in [1.82, 2.24) is 24.8 Å². The smallest absolute Gasteiger partial charge is 0.244 e. The number of hydrogen-bond acceptors (Lipinski definition) is 5. The molecule has 0 aliphatic carbocycles. The van der Waals surface area contributed by atoms with E-state index in [2.05, 4.69) is 15.0 Å². The van der Waals surface area contributed by atoms with Crippen molar-refractivity contribution < 1.29 is 13.2 Å². The molecular formula is C26H25N5O3S. The summed E-state index contributed by atoms with van der Waals surface area (Å²) in [4.78, 5) is 16.7. The predicted molar refractivity (Wildman–Crippen MR) is 136 cm³/mol. The second kappa shape index (κ2) is 10.9. The summed E-state index contributed by atoms with van der Waals surface area (Å²) >= 11 is 0. The Morgan fingerprint density at radius 2 is 1.74 bits per heavy atom. The summed E-state index contributed by atoms with van der Waals surface area (Å²) < 4.78 is 27.4. The summed E-state index contributed by atoms with van der Waals surface area (Å²) in [7, 11) is -1.94. The van der Waals surface area contributed by atoms with Crippen molar-refractivity contribution in [2.24, 2.45) is 0 Å². The number of carbonyl (C=O) groups is 1. The average molecular weight is 488 g/mol. The molecule has 0 aliphatic rings. The number of nitrogens with one attached hydrogen (secondary N) is 2. The Labute approximate surface area is 204 Å². The van der Waals surface area contributed by atoms with Crippen LogP contribution in [0.3, 0.4) is 0 Å². The quantitative estimate of drug-likeness (QED) is 0.352. The van der Waals surface area contributed by atoms with Crippen LogP contribution in [0.1, 0.15) is 16.7 Å². The van der Waals surface area contributed by atoms with Crippen molar-refractivity contribution in [3.05, 3.63) is 108 Å². The molecule has 8 nitrogen and oxygen atoms in total. The number of para-hydroxylation sites is 1. The minimum absolute atomic E-state index is 0.0885. The maximum Gasteiger partial charge on any atom is 0.244 e. The lowest BCUT2D eigenvalue weighted by Crippen LogP contribution is -2.21. The number of amides is 1. The molecule has 0 fully saturated rings. The van der Waals surface area contributed by atoms with Gasteiger partial charge >= 0.3 is 0 Å². The second-order valence-electron chi connectivity index (χ2n) is 7.79. The van der Waals surface area contributed by atoms with E-state index in [0.29, 0.717) is 12.1 Å². The first kappa shape index (κ1) is 24.1. The van der Waals surface area contributed by atoms with Gasteiger partial charge in [-0.05, 0) is 48.5 Å². The zero-order valence-electron chi connectivity index (χ0n) is 19.1. The zero-order valence-corrected chi connectivity index (χ0v) is 19.9. The van der Waals surface area contributed by atoms with Crippen LogP contribution in [0, 0.1) is 0 Å². The summed E-state index contributed by atoms with van der Waals surface area (Å²) in [6.07, 6.45) is 8.52. The summed E-state index contributed by atoms with van der Waals surface area (Å²) in [5.41, 5.74) is 4.80. The topological polar surface area (TPSA) is 106 Å². The van der Waals surface area contributed by atoms with Gasteiger partial charge in [0.15, 0.2) is 0 Å². The van der Waals surface area contributed by atoms with Crippen molar-refractivity contribution >= 4 is 22.0 Å². The Kier molecular flexibility index (Phi) is 7.49. The number of hydrogen-bond donors (Lipinski definition) is 2. The maximum atomic E-state index is 12.5. The van der Waals surface area contributed by atoms with Crippen LogP contribution in [0.25, 0.3) is 23.0 Å². The third kappa shape index (κ3) is 6.50. The van der Waals surface area contributed by atoms with Crippen LogP contribution < -0.4 is 10.0 Å². The minimum atomic E-state index is -3.32. The molecular weight excluding hydrogens is 462 g/mol. The molecule has 0 aliphatic heterocycles. The van der Waals surface area contributed by atoms with Crippen LogP contribution in [-0.2, 0) is 27.1 Å². The monoisotopic (exact) mass is 487 g/mol. The highest BCUT2D eigenvalue weighted by atomic mass is 32.2. The van der Waals surface area contributed by atoms with E-state index in [0.717, 1.165) is 28.1 Å². The Morgan fingerprint density at radius 3 is 2.43 bits per heavy atom. The molecule has 0 spiro atoms. The first-order chi connectivity index (χ1) is 16.9. The number of rotatable bonds is 9. The van der Waals surface area contributed by atoms with Crippen LogP contribution in [-0.4, -0.2) is 36.1 Å². The number of sulfonamides is 1. The number of pyridine rings is 1. The van der Waals surface area contributed by atoms with Crippen molar-refractivity contribution in [2.45, 2.75) is 12.3 Å². The molecule has 178 valence electrons. The van der Waals surface area contributed by atoms with Gasteiger partial charge in [0.1, 0.15) is 5.69 Å². The van der Waals surface area contributed by atoms with E-state index in [1.807, 2.05) is 48.7 Å². The molecule has 4 aromatic rings. The van der Waals surface area contributed by atoms with E-state index < -0.39 is 10.0 Å². The van der Waals surface area contributed by atoms with E-state index in [1.165, 1.54) is 13.1 Å². The van der Waals surface area contributed by atoms with E-state index >= 15 is 0 Å². The predicted octanol–water partition coefficient (Wildman–Crippen LogP) is 3.31. The molecule has 9 heteroatoms. The highest BCUT2D eigenvalue weighted by Gasteiger charge is 2.11. The van der Waals surface area contributed by atoms with Crippen LogP contribution >= 0.6 is 0 Å². The summed E-state index contributed by atoms with van der Waals surface area (Å²) in [6, 6.07) is 20.6. The highest BCUT2D eigenvalue weighted by Crippen LogP contribution is 2.24. The molecule has 4 rings (SSSR count). The van der Waals surface area contributed by atoms with Gasteiger partial charge in [-0.25, -0.2) is 17.8 Å². The van der Waals surface area contributed by atoms with Gasteiger partial charge in [0, 0.05) is 42.3 Å². The van der Waals surface area contributed by atoms with Gasteiger partial charge in [-0.1, -0.05) is 42.5 Å². The third-order valence-corrected chi connectivity index (χ3v) is 6.61. The normalized spacial score (nSPS) is 11.6. The molecule has 0 saturated heterocycles. The SMILES string of the molecule is CNS(=O)(=O)Cc1ccc(CNC(=O)/C=C/c2cn(-c3ccccc3)nc2-c2cccnc2)cc1. The Morgan fingerprint density at radius 1 is 1.00 bits per heavy atom. The molecule has 35 heavy (non-hydrogen) atoms. The Balaban J connectivity index is 1.45. The third-order valence-electron chi connectivity index (χ3n) is 5.27. The lowest BCUT2D eigenvalue weighted by Gasteiger charge is -2.06.